The number of aromatic amines is 1. The Morgan fingerprint density at radius 2 is 2.28 bits per heavy atom. The van der Waals surface area contributed by atoms with E-state index in [2.05, 4.69) is 30.6 Å². The molecule has 1 saturated heterocycles. The summed E-state index contributed by atoms with van der Waals surface area (Å²) in [6.07, 6.45) is 6.31. The maximum absolute atomic E-state index is 14.3. The standard InChI is InChI=1S/C19H21ClFN7O/c1-22-19(29)28-4-2-3-11(10-28)6-23-18-15(21)9-26-17(27-18)14-8-25-16-13(14)5-12(20)7-24-16/h5,7-9,11H,2-4,6,10H2,1H3,(H,22,29)(H,24,25)(H,23,26,27)/t11-/m1/s1. The van der Waals surface area contributed by atoms with Gasteiger partial charge in [0.2, 0.25) is 0 Å². The molecule has 1 fully saturated rings. The third-order valence-corrected chi connectivity index (χ3v) is 5.27. The number of carbonyl (C=O) groups excluding carboxylic acids is 1. The van der Waals surface area contributed by atoms with Gasteiger partial charge in [0, 0.05) is 50.0 Å². The van der Waals surface area contributed by atoms with Gasteiger partial charge < -0.3 is 20.5 Å². The lowest BCUT2D eigenvalue weighted by atomic mass is 9.98. The summed E-state index contributed by atoms with van der Waals surface area (Å²) in [5.41, 5.74) is 1.35. The normalized spacial score (nSPS) is 16.8. The number of nitrogens with zero attached hydrogens (tertiary/aromatic N) is 4. The molecular formula is C19H21ClFN7O. The zero-order valence-electron chi connectivity index (χ0n) is 15.9. The van der Waals surface area contributed by atoms with Gasteiger partial charge in [-0.3, -0.25) is 0 Å². The number of likely N-dealkylation sites (tertiary alicyclic amines) is 1. The summed E-state index contributed by atoms with van der Waals surface area (Å²) in [5, 5.41) is 7.00. The highest BCUT2D eigenvalue weighted by Gasteiger charge is 2.23. The number of aromatic nitrogens is 4. The van der Waals surface area contributed by atoms with Crippen LogP contribution >= 0.6 is 11.6 Å². The molecule has 0 bridgehead atoms. The minimum absolute atomic E-state index is 0.0863. The molecule has 0 spiro atoms. The molecule has 0 aliphatic carbocycles. The number of H-pyrrole nitrogens is 1. The third kappa shape index (κ3) is 4.09. The van der Waals surface area contributed by atoms with Crippen molar-refractivity contribution >= 4 is 34.5 Å². The van der Waals surface area contributed by atoms with Crippen molar-refractivity contribution in [3.05, 3.63) is 35.5 Å². The highest BCUT2D eigenvalue weighted by molar-refractivity contribution is 6.31. The van der Waals surface area contributed by atoms with E-state index in [1.807, 2.05) is 0 Å². The molecule has 3 aromatic heterocycles. The number of rotatable bonds is 4. The van der Waals surface area contributed by atoms with E-state index in [0.717, 1.165) is 31.0 Å². The second-order valence-electron chi connectivity index (χ2n) is 7.03. The molecule has 0 radical (unpaired) electrons. The summed E-state index contributed by atoms with van der Waals surface area (Å²) >= 11 is 6.05. The number of pyridine rings is 1. The smallest absolute Gasteiger partial charge is 0.317 e. The molecule has 0 saturated carbocycles. The lowest BCUT2D eigenvalue weighted by molar-refractivity contribution is 0.170. The first-order valence-electron chi connectivity index (χ1n) is 9.41. The Labute approximate surface area is 171 Å². The molecule has 29 heavy (non-hydrogen) atoms. The van der Waals surface area contributed by atoms with Crippen molar-refractivity contribution in [3.63, 3.8) is 0 Å². The largest absolute Gasteiger partial charge is 0.367 e. The zero-order chi connectivity index (χ0) is 20.4. The topological polar surface area (TPSA) is 98.8 Å². The molecule has 8 nitrogen and oxygen atoms in total. The van der Waals surface area contributed by atoms with Gasteiger partial charge >= 0.3 is 6.03 Å². The molecular weight excluding hydrogens is 397 g/mol. The maximum atomic E-state index is 14.3. The molecule has 3 aromatic rings. The summed E-state index contributed by atoms with van der Waals surface area (Å²) in [4.78, 5) is 29.4. The van der Waals surface area contributed by atoms with Gasteiger partial charge in [0.25, 0.3) is 0 Å². The minimum atomic E-state index is -0.524. The van der Waals surface area contributed by atoms with E-state index < -0.39 is 5.82 Å². The highest BCUT2D eigenvalue weighted by Crippen LogP contribution is 2.28. The van der Waals surface area contributed by atoms with Crippen molar-refractivity contribution in [1.82, 2.24) is 30.2 Å². The number of amides is 2. The van der Waals surface area contributed by atoms with Crippen LogP contribution in [0.5, 0.6) is 0 Å². The summed E-state index contributed by atoms with van der Waals surface area (Å²) in [5.74, 6) is 0.204. The van der Waals surface area contributed by atoms with E-state index in [4.69, 9.17) is 11.6 Å². The molecule has 152 valence electrons. The molecule has 3 N–H and O–H groups in total. The van der Waals surface area contributed by atoms with E-state index in [1.54, 1.807) is 30.4 Å². The predicted octanol–water partition coefficient (Wildman–Crippen LogP) is 3.28. The number of urea groups is 1. The quantitative estimate of drug-likeness (QED) is 0.605. The van der Waals surface area contributed by atoms with Gasteiger partial charge in [-0.05, 0) is 24.8 Å². The van der Waals surface area contributed by atoms with E-state index in [9.17, 15) is 9.18 Å². The van der Waals surface area contributed by atoms with Crippen molar-refractivity contribution < 1.29 is 9.18 Å². The number of anilines is 1. The summed E-state index contributed by atoms with van der Waals surface area (Å²) in [7, 11) is 1.62. The zero-order valence-corrected chi connectivity index (χ0v) is 16.6. The Balaban J connectivity index is 1.51. The molecule has 4 heterocycles. The van der Waals surface area contributed by atoms with Gasteiger partial charge in [0.1, 0.15) is 5.65 Å². The average molecular weight is 418 g/mol. The second kappa shape index (κ2) is 8.20. The molecule has 0 aromatic carbocycles. The first-order chi connectivity index (χ1) is 14.0. The van der Waals surface area contributed by atoms with Crippen LogP contribution in [0, 0.1) is 11.7 Å². The highest BCUT2D eigenvalue weighted by atomic mass is 35.5. The third-order valence-electron chi connectivity index (χ3n) is 5.06. The van der Waals surface area contributed by atoms with E-state index in [-0.39, 0.29) is 17.8 Å². The summed E-state index contributed by atoms with van der Waals surface area (Å²) in [6, 6.07) is 1.68. The first-order valence-corrected chi connectivity index (χ1v) is 9.79. The Bertz CT molecular complexity index is 1040. The Kier molecular flexibility index (Phi) is 5.48. The monoisotopic (exact) mass is 417 g/mol. The Hall–Kier alpha value is -2.94. The van der Waals surface area contributed by atoms with Gasteiger partial charge in [-0.25, -0.2) is 24.1 Å². The minimum Gasteiger partial charge on any atom is -0.367 e. The molecule has 1 aliphatic rings. The number of fused-ring (bicyclic) bond motifs is 1. The van der Waals surface area contributed by atoms with Gasteiger partial charge in [0.05, 0.1) is 11.2 Å². The van der Waals surface area contributed by atoms with Crippen LogP contribution in [-0.4, -0.2) is 57.5 Å². The summed E-state index contributed by atoms with van der Waals surface area (Å²) in [6.45, 7) is 1.88. The van der Waals surface area contributed by atoms with Crippen LogP contribution in [0.3, 0.4) is 0 Å². The lowest BCUT2D eigenvalue weighted by Gasteiger charge is -2.32. The summed E-state index contributed by atoms with van der Waals surface area (Å²) < 4.78 is 14.3. The van der Waals surface area contributed by atoms with Crippen LogP contribution in [0.4, 0.5) is 15.0 Å². The Morgan fingerprint density at radius 1 is 1.41 bits per heavy atom. The number of carbonyl (C=O) groups is 1. The van der Waals surface area contributed by atoms with Crippen LogP contribution in [-0.2, 0) is 0 Å². The van der Waals surface area contributed by atoms with Gasteiger partial charge in [0.15, 0.2) is 17.5 Å². The van der Waals surface area contributed by atoms with E-state index in [1.165, 1.54) is 0 Å². The number of nitrogens with one attached hydrogen (secondary N) is 3. The lowest BCUT2D eigenvalue weighted by Crippen LogP contribution is -2.45. The van der Waals surface area contributed by atoms with Gasteiger partial charge in [-0.1, -0.05) is 11.6 Å². The van der Waals surface area contributed by atoms with E-state index in [0.29, 0.717) is 35.1 Å². The first kappa shape index (κ1) is 19.4. The molecule has 0 unspecified atom stereocenters. The molecule has 4 rings (SSSR count). The number of hydrogen-bond acceptors (Lipinski definition) is 5. The molecule has 1 aliphatic heterocycles. The van der Waals surface area contributed by atoms with Crippen LogP contribution in [0.1, 0.15) is 12.8 Å². The number of halogens is 2. The average Bonchev–Trinajstić information content (AvgIpc) is 3.16. The van der Waals surface area contributed by atoms with Crippen LogP contribution in [0.2, 0.25) is 5.02 Å². The molecule has 1 atom stereocenters. The second-order valence-corrected chi connectivity index (χ2v) is 7.47. The van der Waals surface area contributed by atoms with Crippen LogP contribution in [0.15, 0.2) is 24.7 Å². The van der Waals surface area contributed by atoms with Crippen molar-refractivity contribution in [2.45, 2.75) is 12.8 Å². The molecule has 2 amide bonds. The van der Waals surface area contributed by atoms with E-state index >= 15 is 0 Å². The maximum Gasteiger partial charge on any atom is 0.317 e. The Morgan fingerprint density at radius 3 is 3.10 bits per heavy atom. The number of hydrogen-bond donors (Lipinski definition) is 3. The fourth-order valence-electron chi connectivity index (χ4n) is 3.60. The van der Waals surface area contributed by atoms with Gasteiger partial charge in [-0.2, -0.15) is 0 Å². The van der Waals surface area contributed by atoms with Crippen molar-refractivity contribution in [3.8, 4) is 11.4 Å². The van der Waals surface area contributed by atoms with Crippen molar-refractivity contribution in [1.29, 1.82) is 0 Å². The van der Waals surface area contributed by atoms with Crippen LogP contribution in [0.25, 0.3) is 22.4 Å². The van der Waals surface area contributed by atoms with Crippen molar-refractivity contribution in [2.24, 2.45) is 5.92 Å². The fraction of sp³-hybridized carbons (Fsp3) is 0.368. The SMILES string of the molecule is CNC(=O)N1CCC[C@H](CNc2nc(-c3c[nH]c4ncc(Cl)cc34)ncc2F)C1. The van der Waals surface area contributed by atoms with Crippen LogP contribution < -0.4 is 10.6 Å². The fourth-order valence-corrected chi connectivity index (χ4v) is 3.76. The predicted molar refractivity (Wildman–Crippen MR) is 109 cm³/mol. The number of piperidine rings is 1. The van der Waals surface area contributed by atoms with Crippen molar-refractivity contribution in [2.75, 3.05) is 32.0 Å². The molecule has 10 heteroatoms. The van der Waals surface area contributed by atoms with Gasteiger partial charge in [-0.15, -0.1) is 0 Å².